The molecule has 1 unspecified atom stereocenters. The van der Waals surface area contributed by atoms with Crippen LogP contribution in [-0.2, 0) is 4.79 Å². The molecule has 1 aliphatic rings. The summed E-state index contributed by atoms with van der Waals surface area (Å²) in [5.41, 5.74) is -0.281. The van der Waals surface area contributed by atoms with Gasteiger partial charge in [0.05, 0.1) is 11.1 Å². The normalized spacial score (nSPS) is 19.8. The molecule has 2 aromatic rings. The molecule has 0 bridgehead atoms. The first-order chi connectivity index (χ1) is 11.8. The van der Waals surface area contributed by atoms with Crippen LogP contribution < -0.4 is 5.43 Å². The molecule has 1 aromatic carbocycles. The van der Waals surface area contributed by atoms with Gasteiger partial charge in [-0.3, -0.25) is 14.4 Å². The van der Waals surface area contributed by atoms with Crippen LogP contribution in [0.1, 0.15) is 29.5 Å². The van der Waals surface area contributed by atoms with E-state index in [1.54, 1.807) is 18.5 Å². The minimum absolute atomic E-state index is 0.0709. The summed E-state index contributed by atoms with van der Waals surface area (Å²) in [6.07, 6.45) is 0.354. The highest BCUT2D eigenvalue weighted by molar-refractivity contribution is 5.93. The molecule has 3 rings (SSSR count). The SMILES string of the molecule is Cc1cc(=O)c(C(=O)N2CCC(C)(C(=O)O)C2)nn1-c1ccccc1. The minimum atomic E-state index is -0.987. The van der Waals surface area contributed by atoms with Gasteiger partial charge in [-0.05, 0) is 32.4 Å². The maximum Gasteiger partial charge on any atom is 0.311 e. The number of nitrogens with zero attached hydrogens (tertiary/aromatic N) is 3. The van der Waals surface area contributed by atoms with Crippen LogP contribution in [0.3, 0.4) is 0 Å². The van der Waals surface area contributed by atoms with E-state index in [2.05, 4.69) is 5.10 Å². The largest absolute Gasteiger partial charge is 0.481 e. The molecule has 1 atom stereocenters. The molecule has 130 valence electrons. The van der Waals surface area contributed by atoms with E-state index in [0.717, 1.165) is 5.69 Å². The zero-order valence-corrected chi connectivity index (χ0v) is 14.1. The summed E-state index contributed by atoms with van der Waals surface area (Å²) in [4.78, 5) is 37.8. The Bertz CT molecular complexity index is 891. The number of carboxylic acids is 1. The predicted octanol–water partition coefficient (Wildman–Crippen LogP) is 1.48. The number of aryl methyl sites for hydroxylation is 1. The minimum Gasteiger partial charge on any atom is -0.481 e. The fraction of sp³-hybridized carbons (Fsp3) is 0.333. The van der Waals surface area contributed by atoms with Gasteiger partial charge in [-0.25, -0.2) is 4.68 Å². The zero-order valence-electron chi connectivity index (χ0n) is 14.1. The third-order valence-corrected chi connectivity index (χ3v) is 4.59. The van der Waals surface area contributed by atoms with Crippen LogP contribution in [0.2, 0.25) is 0 Å². The number of likely N-dealkylation sites (tertiary alicyclic amines) is 1. The Labute approximate surface area is 144 Å². The van der Waals surface area contributed by atoms with Crippen molar-refractivity contribution in [2.45, 2.75) is 20.3 Å². The van der Waals surface area contributed by atoms with Crippen LogP contribution in [0, 0.1) is 12.3 Å². The molecule has 7 nitrogen and oxygen atoms in total. The van der Waals surface area contributed by atoms with E-state index in [1.165, 1.54) is 11.0 Å². The number of hydrogen-bond donors (Lipinski definition) is 1. The fourth-order valence-corrected chi connectivity index (χ4v) is 2.98. The molecule has 1 aromatic heterocycles. The van der Waals surface area contributed by atoms with Crippen molar-refractivity contribution in [1.82, 2.24) is 14.7 Å². The predicted molar refractivity (Wildman–Crippen MR) is 90.8 cm³/mol. The van der Waals surface area contributed by atoms with E-state index < -0.39 is 22.7 Å². The zero-order chi connectivity index (χ0) is 18.2. The van der Waals surface area contributed by atoms with Crippen LogP contribution in [-0.4, -0.2) is 44.8 Å². The molecule has 0 aliphatic carbocycles. The number of para-hydroxylation sites is 1. The molecule has 25 heavy (non-hydrogen) atoms. The van der Waals surface area contributed by atoms with Gasteiger partial charge in [-0.1, -0.05) is 18.2 Å². The second kappa shape index (κ2) is 6.16. The van der Waals surface area contributed by atoms with Gasteiger partial charge in [0.25, 0.3) is 5.91 Å². The van der Waals surface area contributed by atoms with E-state index in [4.69, 9.17) is 0 Å². The van der Waals surface area contributed by atoms with Crippen LogP contribution >= 0.6 is 0 Å². The number of benzene rings is 1. The second-order valence-electron chi connectivity index (χ2n) is 6.59. The summed E-state index contributed by atoms with van der Waals surface area (Å²) >= 11 is 0. The van der Waals surface area contributed by atoms with Gasteiger partial charge in [-0.15, -0.1) is 0 Å². The summed E-state index contributed by atoms with van der Waals surface area (Å²) in [5, 5.41) is 13.6. The van der Waals surface area contributed by atoms with Crippen LogP contribution in [0.25, 0.3) is 5.69 Å². The lowest BCUT2D eigenvalue weighted by Gasteiger charge is -2.20. The lowest BCUT2D eigenvalue weighted by molar-refractivity contribution is -0.147. The number of aromatic nitrogens is 2. The summed E-state index contributed by atoms with van der Waals surface area (Å²) in [7, 11) is 0. The second-order valence-corrected chi connectivity index (χ2v) is 6.59. The lowest BCUT2D eigenvalue weighted by Crippen LogP contribution is -2.38. The number of hydrogen-bond acceptors (Lipinski definition) is 4. The number of rotatable bonds is 3. The van der Waals surface area contributed by atoms with Gasteiger partial charge >= 0.3 is 5.97 Å². The van der Waals surface area contributed by atoms with E-state index in [9.17, 15) is 19.5 Å². The molecule has 0 spiro atoms. The molecule has 1 fully saturated rings. The van der Waals surface area contributed by atoms with E-state index in [1.807, 2.05) is 30.3 Å². The van der Waals surface area contributed by atoms with Crippen molar-refractivity contribution in [2.75, 3.05) is 13.1 Å². The van der Waals surface area contributed by atoms with Crippen molar-refractivity contribution >= 4 is 11.9 Å². The Morgan fingerprint density at radius 1 is 1.24 bits per heavy atom. The average Bonchev–Trinajstić information content (AvgIpc) is 2.99. The highest BCUT2D eigenvalue weighted by Crippen LogP contribution is 2.30. The maximum atomic E-state index is 12.7. The van der Waals surface area contributed by atoms with Gasteiger partial charge in [0.2, 0.25) is 5.43 Å². The van der Waals surface area contributed by atoms with Gasteiger partial charge < -0.3 is 10.0 Å². The Hall–Kier alpha value is -2.96. The van der Waals surface area contributed by atoms with Gasteiger partial charge in [0, 0.05) is 24.8 Å². The average molecular weight is 341 g/mol. The van der Waals surface area contributed by atoms with Crippen LogP contribution in [0.15, 0.2) is 41.2 Å². The Kier molecular flexibility index (Phi) is 4.16. The first kappa shape index (κ1) is 16.9. The van der Waals surface area contributed by atoms with Crippen molar-refractivity contribution in [3.05, 3.63) is 58.0 Å². The summed E-state index contributed by atoms with van der Waals surface area (Å²) in [6.45, 7) is 3.71. The molecular weight excluding hydrogens is 322 g/mol. The quantitative estimate of drug-likeness (QED) is 0.913. The molecule has 1 amide bonds. The van der Waals surface area contributed by atoms with Crippen molar-refractivity contribution in [3.8, 4) is 5.69 Å². The van der Waals surface area contributed by atoms with Gasteiger partial charge in [-0.2, -0.15) is 5.10 Å². The number of amides is 1. The van der Waals surface area contributed by atoms with Crippen molar-refractivity contribution in [2.24, 2.45) is 5.41 Å². The van der Waals surface area contributed by atoms with Crippen molar-refractivity contribution < 1.29 is 14.7 Å². The third kappa shape index (κ3) is 3.05. The smallest absolute Gasteiger partial charge is 0.311 e. The Morgan fingerprint density at radius 2 is 1.92 bits per heavy atom. The monoisotopic (exact) mass is 341 g/mol. The van der Waals surface area contributed by atoms with Crippen molar-refractivity contribution in [3.63, 3.8) is 0 Å². The first-order valence-corrected chi connectivity index (χ1v) is 8.01. The standard InChI is InChI=1S/C18H19N3O4/c1-12-10-14(22)15(19-21(12)13-6-4-3-5-7-13)16(23)20-9-8-18(2,11-20)17(24)25/h3-7,10H,8-9,11H2,1-2H3,(H,24,25). The highest BCUT2D eigenvalue weighted by atomic mass is 16.4. The van der Waals surface area contributed by atoms with Gasteiger partial charge in [0.1, 0.15) is 0 Å². The maximum absolute atomic E-state index is 12.7. The summed E-state index contributed by atoms with van der Waals surface area (Å²) in [6, 6.07) is 10.6. The lowest BCUT2D eigenvalue weighted by atomic mass is 9.90. The molecule has 0 radical (unpaired) electrons. The molecule has 0 saturated carbocycles. The number of carbonyl (C=O) groups is 2. The highest BCUT2D eigenvalue weighted by Gasteiger charge is 2.43. The van der Waals surface area contributed by atoms with Crippen LogP contribution in [0.5, 0.6) is 0 Å². The summed E-state index contributed by atoms with van der Waals surface area (Å²) < 4.78 is 1.54. The molecular formula is C18H19N3O4. The van der Waals surface area contributed by atoms with E-state index in [-0.39, 0.29) is 12.2 Å². The fourth-order valence-electron chi connectivity index (χ4n) is 2.98. The van der Waals surface area contributed by atoms with E-state index >= 15 is 0 Å². The van der Waals surface area contributed by atoms with Crippen molar-refractivity contribution in [1.29, 1.82) is 0 Å². The molecule has 1 saturated heterocycles. The Balaban J connectivity index is 1.97. The topological polar surface area (TPSA) is 92.5 Å². The number of carbonyl (C=O) groups excluding carboxylic acids is 1. The Morgan fingerprint density at radius 3 is 2.52 bits per heavy atom. The third-order valence-electron chi connectivity index (χ3n) is 4.59. The number of carboxylic acid groups (broad SMARTS) is 1. The first-order valence-electron chi connectivity index (χ1n) is 8.01. The molecule has 1 aliphatic heterocycles. The summed E-state index contributed by atoms with van der Waals surface area (Å²) in [5.74, 6) is -1.47. The van der Waals surface area contributed by atoms with E-state index in [0.29, 0.717) is 18.7 Å². The molecule has 2 heterocycles. The molecule has 7 heteroatoms. The number of aliphatic carboxylic acids is 1. The van der Waals surface area contributed by atoms with Crippen LogP contribution in [0.4, 0.5) is 0 Å². The van der Waals surface area contributed by atoms with Gasteiger partial charge in [0.15, 0.2) is 5.69 Å². The molecule has 1 N–H and O–H groups in total.